The van der Waals surface area contributed by atoms with Crippen molar-refractivity contribution in [3.8, 4) is 5.75 Å². The Hall–Kier alpha value is -3.19. The van der Waals surface area contributed by atoms with Crippen molar-refractivity contribution in [3.63, 3.8) is 0 Å². The summed E-state index contributed by atoms with van der Waals surface area (Å²) in [4.78, 5) is 36.8. The Balaban J connectivity index is 0.000000464. The third-order valence-corrected chi connectivity index (χ3v) is 5.36. The van der Waals surface area contributed by atoms with Gasteiger partial charge in [0.05, 0.1) is 6.04 Å². The van der Waals surface area contributed by atoms with Crippen molar-refractivity contribution in [2.75, 3.05) is 13.6 Å². The molecular weight excluding hydrogens is 444 g/mol. The first-order valence-corrected chi connectivity index (χ1v) is 12.1. The number of likely N-dealkylation sites (tertiary alicyclic amines) is 1. The van der Waals surface area contributed by atoms with E-state index in [1.165, 1.54) is 0 Å². The molecule has 7 nitrogen and oxygen atoms in total. The molecule has 2 unspecified atom stereocenters. The average Bonchev–Trinajstić information content (AvgIpc) is 3.35. The molecule has 1 aliphatic heterocycles. The predicted octanol–water partition coefficient (Wildman–Crippen LogP) is 4.60. The second-order valence-corrected chi connectivity index (χ2v) is 8.90. The number of carbonyl (C=O) groups is 3. The van der Waals surface area contributed by atoms with Gasteiger partial charge in [0.25, 0.3) is 6.47 Å². The molecular formula is C28H40N2O5. The zero-order valence-corrected chi connectivity index (χ0v) is 21.8. The first-order chi connectivity index (χ1) is 16.8. The van der Waals surface area contributed by atoms with E-state index in [0.29, 0.717) is 25.2 Å². The number of para-hydroxylation sites is 1. The summed E-state index contributed by atoms with van der Waals surface area (Å²) in [6.07, 6.45) is 1.50. The van der Waals surface area contributed by atoms with Crippen molar-refractivity contribution in [2.24, 2.45) is 5.41 Å². The van der Waals surface area contributed by atoms with Crippen LogP contribution >= 0.6 is 0 Å². The number of benzene rings is 2. The van der Waals surface area contributed by atoms with Crippen molar-refractivity contribution >= 4 is 18.3 Å². The summed E-state index contributed by atoms with van der Waals surface area (Å²) in [6.45, 7) is 11.3. The van der Waals surface area contributed by atoms with Gasteiger partial charge in [-0.2, -0.15) is 0 Å². The van der Waals surface area contributed by atoms with Gasteiger partial charge in [-0.15, -0.1) is 0 Å². The van der Waals surface area contributed by atoms with Crippen molar-refractivity contribution in [3.05, 3.63) is 66.2 Å². The third-order valence-electron chi connectivity index (χ3n) is 5.36. The maximum Gasteiger partial charge on any atom is 0.329 e. The fraction of sp³-hybridized carbons (Fsp3) is 0.464. The van der Waals surface area contributed by atoms with Crippen LogP contribution in [-0.4, -0.2) is 48.9 Å². The van der Waals surface area contributed by atoms with Gasteiger partial charge >= 0.3 is 5.97 Å². The molecule has 1 N–H and O–H groups in total. The van der Waals surface area contributed by atoms with Crippen LogP contribution in [0, 0.1) is 5.41 Å². The van der Waals surface area contributed by atoms with Crippen molar-refractivity contribution < 1.29 is 23.9 Å². The second-order valence-electron chi connectivity index (χ2n) is 8.90. The van der Waals surface area contributed by atoms with Gasteiger partial charge in [0, 0.05) is 6.54 Å². The van der Waals surface area contributed by atoms with Crippen LogP contribution in [0.3, 0.4) is 0 Å². The number of hydrogen-bond acceptors (Lipinski definition) is 6. The van der Waals surface area contributed by atoms with Crippen LogP contribution in [0.25, 0.3) is 0 Å². The Labute approximate surface area is 209 Å². The predicted molar refractivity (Wildman–Crippen MR) is 138 cm³/mol. The lowest BCUT2D eigenvalue weighted by Crippen LogP contribution is -2.54. The minimum absolute atomic E-state index is 0.0239. The molecule has 35 heavy (non-hydrogen) atoms. The maximum absolute atomic E-state index is 12.9. The van der Waals surface area contributed by atoms with Gasteiger partial charge in [0.2, 0.25) is 5.91 Å². The van der Waals surface area contributed by atoms with Crippen LogP contribution < -0.4 is 10.1 Å². The van der Waals surface area contributed by atoms with E-state index in [0.717, 1.165) is 12.0 Å². The van der Waals surface area contributed by atoms with E-state index in [-0.39, 0.29) is 29.9 Å². The smallest absolute Gasteiger partial charge is 0.329 e. The molecule has 2 atom stereocenters. The quantitative estimate of drug-likeness (QED) is 0.457. The largest absolute Gasteiger partial charge is 0.459 e. The van der Waals surface area contributed by atoms with Crippen molar-refractivity contribution in [2.45, 2.75) is 66.2 Å². The molecule has 3 rings (SSSR count). The summed E-state index contributed by atoms with van der Waals surface area (Å²) in [5.74, 6) is 0.241. The fourth-order valence-electron chi connectivity index (χ4n) is 3.75. The highest BCUT2D eigenvalue weighted by atomic mass is 16.5. The molecule has 1 aliphatic rings. The summed E-state index contributed by atoms with van der Waals surface area (Å²) in [5.41, 5.74) is 0.733. The topological polar surface area (TPSA) is 84.9 Å². The highest BCUT2D eigenvalue weighted by Gasteiger charge is 2.41. The fourth-order valence-corrected chi connectivity index (χ4v) is 3.75. The lowest BCUT2D eigenvalue weighted by molar-refractivity contribution is -0.155. The minimum atomic E-state index is -0.473. The van der Waals surface area contributed by atoms with Gasteiger partial charge in [-0.25, -0.2) is 4.79 Å². The number of rotatable bonds is 7. The SMILES string of the molecule is CC.CNC(C(=O)N1CCCC1C(=O)OCc1ccccc1)C(C)(C)C.O=COc1ccccc1. The molecule has 2 aromatic carbocycles. The van der Waals surface area contributed by atoms with Crippen LogP contribution in [0.4, 0.5) is 0 Å². The number of carbonyl (C=O) groups excluding carboxylic acids is 3. The van der Waals surface area contributed by atoms with Gasteiger partial charge < -0.3 is 19.7 Å². The molecule has 7 heteroatoms. The summed E-state index contributed by atoms with van der Waals surface area (Å²) in [5, 5.41) is 3.09. The molecule has 0 spiro atoms. The number of ether oxygens (including phenoxy) is 2. The lowest BCUT2D eigenvalue weighted by atomic mass is 9.86. The van der Waals surface area contributed by atoms with Gasteiger partial charge in [-0.05, 0) is 43.0 Å². The monoisotopic (exact) mass is 484 g/mol. The number of hydrogen-bond donors (Lipinski definition) is 1. The van der Waals surface area contributed by atoms with E-state index in [1.54, 1.807) is 36.2 Å². The van der Waals surface area contributed by atoms with Crippen LogP contribution in [0.1, 0.15) is 53.0 Å². The number of nitrogens with one attached hydrogen (secondary N) is 1. The zero-order valence-electron chi connectivity index (χ0n) is 21.8. The average molecular weight is 485 g/mol. The number of esters is 1. The molecule has 0 aromatic heterocycles. The second kappa shape index (κ2) is 15.7. The third kappa shape index (κ3) is 9.91. The molecule has 1 fully saturated rings. The Morgan fingerprint density at radius 3 is 2.14 bits per heavy atom. The van der Waals surface area contributed by atoms with E-state index in [9.17, 15) is 14.4 Å². The first kappa shape index (κ1) is 29.8. The molecule has 0 bridgehead atoms. The van der Waals surface area contributed by atoms with E-state index < -0.39 is 6.04 Å². The van der Waals surface area contributed by atoms with Crippen LogP contribution in [0.15, 0.2) is 60.7 Å². The van der Waals surface area contributed by atoms with Crippen molar-refractivity contribution in [1.29, 1.82) is 0 Å². The number of nitrogens with zero attached hydrogens (tertiary/aromatic N) is 1. The Kier molecular flexibility index (Phi) is 13.4. The van der Waals surface area contributed by atoms with E-state index in [1.807, 2.05) is 71.0 Å². The van der Waals surface area contributed by atoms with Gasteiger partial charge in [0.1, 0.15) is 18.4 Å². The Morgan fingerprint density at radius 1 is 1.06 bits per heavy atom. The lowest BCUT2D eigenvalue weighted by Gasteiger charge is -2.34. The van der Waals surface area contributed by atoms with Gasteiger partial charge in [0.15, 0.2) is 0 Å². The standard InChI is InChI=1S/C19H28N2O3.C7H6O2.C2H6/c1-19(2,3)16(20-4)17(22)21-12-8-11-15(21)18(23)24-13-14-9-6-5-7-10-14;8-6-9-7-4-2-1-3-5-7;1-2/h5-7,9-10,15-16,20H,8,11-13H2,1-4H3;1-6H;1-2H3. The summed E-state index contributed by atoms with van der Waals surface area (Å²) < 4.78 is 9.96. The van der Waals surface area contributed by atoms with E-state index in [4.69, 9.17) is 4.74 Å². The molecule has 0 aliphatic carbocycles. The minimum Gasteiger partial charge on any atom is -0.459 e. The highest BCUT2D eigenvalue weighted by Crippen LogP contribution is 2.26. The molecule has 0 saturated carbocycles. The van der Waals surface area contributed by atoms with E-state index in [2.05, 4.69) is 10.1 Å². The molecule has 1 saturated heterocycles. The Morgan fingerprint density at radius 2 is 1.63 bits per heavy atom. The summed E-state index contributed by atoms with van der Waals surface area (Å²) in [7, 11) is 1.78. The Bertz CT molecular complexity index is 881. The van der Waals surface area contributed by atoms with Gasteiger partial charge in [-0.1, -0.05) is 83.1 Å². The van der Waals surface area contributed by atoms with Crippen LogP contribution in [0.5, 0.6) is 5.75 Å². The summed E-state index contributed by atoms with van der Waals surface area (Å²) >= 11 is 0. The maximum atomic E-state index is 12.9. The first-order valence-electron chi connectivity index (χ1n) is 12.1. The van der Waals surface area contributed by atoms with Crippen molar-refractivity contribution in [1.82, 2.24) is 10.2 Å². The highest BCUT2D eigenvalue weighted by molar-refractivity contribution is 5.88. The van der Waals surface area contributed by atoms with Gasteiger partial charge in [-0.3, -0.25) is 9.59 Å². The van der Waals surface area contributed by atoms with E-state index >= 15 is 0 Å². The molecule has 2 aromatic rings. The molecule has 192 valence electrons. The molecule has 1 amide bonds. The number of amides is 1. The zero-order chi connectivity index (χ0) is 26.3. The van der Waals surface area contributed by atoms with Crippen LogP contribution in [0.2, 0.25) is 0 Å². The molecule has 1 heterocycles. The normalized spacial score (nSPS) is 15.5. The number of likely N-dealkylation sites (N-methyl/N-ethyl adjacent to an activating group) is 1. The molecule has 0 radical (unpaired) electrons. The summed E-state index contributed by atoms with van der Waals surface area (Å²) in [6, 6.07) is 17.7. The van der Waals surface area contributed by atoms with Crippen LogP contribution in [-0.2, 0) is 25.7 Å².